The number of piperazine rings is 1. The van der Waals surface area contributed by atoms with Gasteiger partial charge in [0.2, 0.25) is 0 Å². The number of nitrogens with one attached hydrogen (secondary N) is 1. The summed E-state index contributed by atoms with van der Waals surface area (Å²) in [5.74, 6) is -0.227. The standard InChI is InChI=1S/C15H15BrClFN2S.ClH/c16-14-10(2-1-3-11(14)18)15(12-4-5-13(17)21-12)20-8-6-19-7-9-20;/h1-5,15,19H,6-9H2;1H/t15-;/m0./s1. The second-order valence-corrected chi connectivity index (χ2v) is 7.51. The molecule has 1 aromatic heterocycles. The smallest absolute Gasteiger partial charge is 0.137 e. The molecule has 120 valence electrons. The van der Waals surface area contributed by atoms with Crippen LogP contribution in [0.25, 0.3) is 0 Å². The van der Waals surface area contributed by atoms with E-state index in [1.807, 2.05) is 18.2 Å². The maximum atomic E-state index is 13.9. The summed E-state index contributed by atoms with van der Waals surface area (Å²) in [6.45, 7) is 3.76. The van der Waals surface area contributed by atoms with Gasteiger partial charge in [0.1, 0.15) is 5.82 Å². The van der Waals surface area contributed by atoms with Crippen LogP contribution in [-0.2, 0) is 0 Å². The second-order valence-electron chi connectivity index (χ2n) is 4.97. The van der Waals surface area contributed by atoms with Gasteiger partial charge in [-0.15, -0.1) is 23.7 Å². The molecule has 2 nitrogen and oxygen atoms in total. The molecule has 1 atom stereocenters. The molecule has 1 fully saturated rings. The second kappa shape index (κ2) is 8.08. The van der Waals surface area contributed by atoms with Crippen molar-refractivity contribution in [3.63, 3.8) is 0 Å². The zero-order valence-corrected chi connectivity index (χ0v) is 15.7. The van der Waals surface area contributed by atoms with Crippen LogP contribution in [0.5, 0.6) is 0 Å². The van der Waals surface area contributed by atoms with Gasteiger partial charge < -0.3 is 5.32 Å². The maximum absolute atomic E-state index is 13.9. The highest BCUT2D eigenvalue weighted by molar-refractivity contribution is 9.10. The van der Waals surface area contributed by atoms with Crippen molar-refractivity contribution in [2.45, 2.75) is 6.04 Å². The van der Waals surface area contributed by atoms with Crippen LogP contribution >= 0.6 is 51.3 Å². The summed E-state index contributed by atoms with van der Waals surface area (Å²) in [6.07, 6.45) is 0. The molecule has 0 bridgehead atoms. The SMILES string of the molecule is Cl.Fc1cccc([C@@H](c2ccc(Cl)s2)N2CCNCC2)c1Br. The summed E-state index contributed by atoms with van der Waals surface area (Å²) in [7, 11) is 0. The van der Waals surface area contributed by atoms with E-state index in [2.05, 4.69) is 26.1 Å². The zero-order chi connectivity index (χ0) is 14.8. The molecule has 1 aromatic carbocycles. The highest BCUT2D eigenvalue weighted by atomic mass is 79.9. The minimum atomic E-state index is -0.227. The van der Waals surface area contributed by atoms with Crippen LogP contribution in [0.4, 0.5) is 4.39 Å². The van der Waals surface area contributed by atoms with E-state index in [4.69, 9.17) is 11.6 Å². The first-order valence-corrected chi connectivity index (χ1v) is 8.79. The fourth-order valence-electron chi connectivity index (χ4n) is 2.68. The molecule has 1 aliphatic rings. The molecule has 3 rings (SSSR count). The van der Waals surface area contributed by atoms with Crippen LogP contribution in [0.3, 0.4) is 0 Å². The van der Waals surface area contributed by atoms with Gasteiger partial charge in [0.05, 0.1) is 14.9 Å². The lowest BCUT2D eigenvalue weighted by atomic mass is 10.0. The van der Waals surface area contributed by atoms with Gasteiger partial charge in [-0.2, -0.15) is 0 Å². The Morgan fingerprint density at radius 2 is 1.95 bits per heavy atom. The van der Waals surface area contributed by atoms with E-state index in [0.717, 1.165) is 41.0 Å². The quantitative estimate of drug-likeness (QED) is 0.765. The van der Waals surface area contributed by atoms with E-state index in [-0.39, 0.29) is 24.3 Å². The Labute approximate surface area is 153 Å². The van der Waals surface area contributed by atoms with Gasteiger partial charge in [-0.25, -0.2) is 4.39 Å². The van der Waals surface area contributed by atoms with E-state index in [1.165, 1.54) is 6.07 Å². The fourth-order valence-corrected chi connectivity index (χ4v) is 4.37. The van der Waals surface area contributed by atoms with Crippen LogP contribution in [-0.4, -0.2) is 31.1 Å². The zero-order valence-electron chi connectivity index (χ0n) is 11.7. The molecule has 1 saturated heterocycles. The highest BCUT2D eigenvalue weighted by Crippen LogP contribution is 2.38. The molecule has 2 aromatic rings. The molecule has 7 heteroatoms. The summed E-state index contributed by atoms with van der Waals surface area (Å²) in [5, 5.41) is 3.35. The molecular formula is C15H16BrCl2FN2S. The maximum Gasteiger partial charge on any atom is 0.137 e. The van der Waals surface area contributed by atoms with Gasteiger partial charge in [0, 0.05) is 31.1 Å². The van der Waals surface area contributed by atoms with E-state index >= 15 is 0 Å². The summed E-state index contributed by atoms with van der Waals surface area (Å²) < 4.78 is 15.2. The minimum absolute atomic E-state index is 0. The summed E-state index contributed by atoms with van der Waals surface area (Å²) in [5.41, 5.74) is 0.954. The Bertz CT molecular complexity index is 632. The molecule has 0 radical (unpaired) electrons. The molecule has 1 N–H and O–H groups in total. The number of thiophene rings is 1. The normalized spacial score (nSPS) is 17.0. The number of nitrogens with zero attached hydrogens (tertiary/aromatic N) is 1. The molecule has 1 aliphatic heterocycles. The number of hydrogen-bond donors (Lipinski definition) is 1. The number of rotatable bonds is 3. The van der Waals surface area contributed by atoms with Crippen molar-refractivity contribution in [3.05, 3.63) is 55.4 Å². The van der Waals surface area contributed by atoms with Gasteiger partial charge >= 0.3 is 0 Å². The Kier molecular flexibility index (Phi) is 6.68. The summed E-state index contributed by atoms with van der Waals surface area (Å²) in [6, 6.07) is 9.20. The lowest BCUT2D eigenvalue weighted by Crippen LogP contribution is -2.45. The Balaban J connectivity index is 0.00000176. The minimum Gasteiger partial charge on any atom is -0.314 e. The van der Waals surface area contributed by atoms with Crippen molar-refractivity contribution in [1.29, 1.82) is 0 Å². The van der Waals surface area contributed by atoms with Crippen molar-refractivity contribution in [1.82, 2.24) is 10.2 Å². The van der Waals surface area contributed by atoms with Gasteiger partial charge in [-0.05, 0) is 39.7 Å². The topological polar surface area (TPSA) is 15.3 Å². The first-order valence-electron chi connectivity index (χ1n) is 6.81. The lowest BCUT2D eigenvalue weighted by Gasteiger charge is -2.35. The Morgan fingerprint density at radius 1 is 1.23 bits per heavy atom. The summed E-state index contributed by atoms with van der Waals surface area (Å²) >= 11 is 11.1. The first kappa shape index (κ1) is 18.2. The van der Waals surface area contributed by atoms with Crippen molar-refractivity contribution in [3.8, 4) is 0 Å². The highest BCUT2D eigenvalue weighted by Gasteiger charge is 2.27. The fraction of sp³-hybridized carbons (Fsp3) is 0.333. The molecule has 0 spiro atoms. The molecule has 0 saturated carbocycles. The van der Waals surface area contributed by atoms with Crippen LogP contribution in [0.2, 0.25) is 4.34 Å². The van der Waals surface area contributed by atoms with Crippen LogP contribution in [0.1, 0.15) is 16.5 Å². The third-order valence-electron chi connectivity index (χ3n) is 3.66. The third-order valence-corrected chi connectivity index (χ3v) is 5.78. The number of halogens is 4. The number of hydrogen-bond acceptors (Lipinski definition) is 3. The molecular weight excluding hydrogens is 410 g/mol. The van der Waals surface area contributed by atoms with Gasteiger partial charge in [-0.1, -0.05) is 23.7 Å². The predicted octanol–water partition coefficient (Wildman–Crippen LogP) is 4.72. The third kappa shape index (κ3) is 3.83. The monoisotopic (exact) mass is 424 g/mol. The van der Waals surface area contributed by atoms with Crippen molar-refractivity contribution in [2.75, 3.05) is 26.2 Å². The van der Waals surface area contributed by atoms with Crippen LogP contribution in [0, 0.1) is 5.82 Å². The largest absolute Gasteiger partial charge is 0.314 e. The van der Waals surface area contributed by atoms with Crippen LogP contribution < -0.4 is 5.32 Å². The average Bonchev–Trinajstić information content (AvgIpc) is 2.91. The molecule has 0 unspecified atom stereocenters. The lowest BCUT2D eigenvalue weighted by molar-refractivity contribution is 0.200. The van der Waals surface area contributed by atoms with Gasteiger partial charge in [0.25, 0.3) is 0 Å². The van der Waals surface area contributed by atoms with Crippen molar-refractivity contribution < 1.29 is 4.39 Å². The van der Waals surface area contributed by atoms with Crippen LogP contribution in [0.15, 0.2) is 34.8 Å². The summed E-state index contributed by atoms with van der Waals surface area (Å²) in [4.78, 5) is 3.52. The van der Waals surface area contributed by atoms with Gasteiger partial charge in [-0.3, -0.25) is 4.90 Å². The Hall–Kier alpha value is -0.170. The Morgan fingerprint density at radius 3 is 2.59 bits per heavy atom. The molecule has 0 amide bonds. The van der Waals surface area contributed by atoms with Gasteiger partial charge in [0.15, 0.2) is 0 Å². The average molecular weight is 426 g/mol. The number of benzene rings is 1. The van der Waals surface area contributed by atoms with E-state index in [0.29, 0.717) is 4.47 Å². The van der Waals surface area contributed by atoms with E-state index in [1.54, 1.807) is 17.4 Å². The molecule has 2 heterocycles. The predicted molar refractivity (Wildman–Crippen MR) is 97.0 cm³/mol. The molecule has 0 aliphatic carbocycles. The van der Waals surface area contributed by atoms with E-state index < -0.39 is 0 Å². The van der Waals surface area contributed by atoms with E-state index in [9.17, 15) is 4.39 Å². The first-order chi connectivity index (χ1) is 10.2. The van der Waals surface area contributed by atoms with Crippen molar-refractivity contribution in [2.24, 2.45) is 0 Å². The molecule has 22 heavy (non-hydrogen) atoms. The van der Waals surface area contributed by atoms with Crippen molar-refractivity contribution >= 4 is 51.3 Å².